The first-order chi connectivity index (χ1) is 21.4. The van der Waals surface area contributed by atoms with E-state index in [4.69, 9.17) is 63.7 Å². The van der Waals surface area contributed by atoms with E-state index in [1.54, 1.807) is 6.92 Å². The van der Waals surface area contributed by atoms with E-state index in [0.717, 1.165) is 18.5 Å². The summed E-state index contributed by atoms with van der Waals surface area (Å²) in [5.74, 6) is 0.620. The van der Waals surface area contributed by atoms with Gasteiger partial charge in [-0.2, -0.15) is 0 Å². The number of hydrogen-bond donors (Lipinski definition) is 2. The molecule has 13 heteroatoms. The standard InChI is InChI=1S/C16H15Cl2N3O.C12H15NO.C4HCl3N2/c1-9(22)20-15-11(6-10-4-2-3-5-12(10)15)7-14-13(17)8-19-16(18)21-14;1-8(14)6-11-10-5-3-2-4-9(10)7-12(11)13;5-2-1-8-4(7)9-3(2)6/h2-5,8,11,15H,6-7H2,1H3,(H,20,22);2-5,11-12H,6-7,13H2,1H3;1H/t11-,15-;11-,12-;/m01./s1. The lowest BCUT2D eigenvalue weighted by Crippen LogP contribution is -2.30. The third kappa shape index (κ3) is 9.58. The number of nitrogens with one attached hydrogen (secondary N) is 1. The first-order valence-electron chi connectivity index (χ1n) is 14.1. The Morgan fingerprint density at radius 3 is 2.00 bits per heavy atom. The van der Waals surface area contributed by atoms with Crippen LogP contribution in [0.5, 0.6) is 0 Å². The van der Waals surface area contributed by atoms with Crippen LogP contribution < -0.4 is 11.1 Å². The van der Waals surface area contributed by atoms with Crippen molar-refractivity contribution >= 4 is 69.7 Å². The summed E-state index contributed by atoms with van der Waals surface area (Å²) < 4.78 is 0. The summed E-state index contributed by atoms with van der Waals surface area (Å²) in [6.45, 7) is 3.17. The molecule has 0 spiro atoms. The number of aromatic nitrogens is 4. The van der Waals surface area contributed by atoms with E-state index in [9.17, 15) is 9.59 Å². The van der Waals surface area contributed by atoms with Gasteiger partial charge in [0.1, 0.15) is 5.78 Å². The van der Waals surface area contributed by atoms with Crippen LogP contribution >= 0.6 is 58.0 Å². The lowest BCUT2D eigenvalue weighted by atomic mass is 9.93. The molecular formula is C32H31Cl5N6O2. The molecule has 2 aromatic heterocycles. The third-order valence-electron chi connectivity index (χ3n) is 7.55. The SMILES string of the molecule is CC(=O)C[C@@H]1c2ccccc2C[C@H]1N.CC(=O)N[C@@H]1c2ccccc2C[C@H]1Cc1nc(Cl)ncc1Cl.Clc1ncc(Cl)c(Cl)n1. The van der Waals surface area contributed by atoms with E-state index in [1.165, 1.54) is 41.6 Å². The number of Topliss-reactive ketones (excluding diaryl/α,β-unsaturated/α-hetero) is 1. The average Bonchev–Trinajstić information content (AvgIpc) is 3.49. The minimum Gasteiger partial charge on any atom is -0.349 e. The van der Waals surface area contributed by atoms with Gasteiger partial charge in [0.25, 0.3) is 0 Å². The monoisotopic (exact) mass is 706 g/mol. The van der Waals surface area contributed by atoms with Gasteiger partial charge in [-0.3, -0.25) is 4.79 Å². The third-order valence-corrected chi connectivity index (χ3v) is 8.89. The Hall–Kier alpha value is -2.85. The van der Waals surface area contributed by atoms with Crippen LogP contribution in [0.15, 0.2) is 60.9 Å². The number of amides is 1. The Balaban J connectivity index is 0.000000171. The maximum absolute atomic E-state index is 11.5. The fraction of sp³-hybridized carbons (Fsp3) is 0.312. The van der Waals surface area contributed by atoms with Gasteiger partial charge in [0, 0.05) is 25.3 Å². The van der Waals surface area contributed by atoms with Crippen LogP contribution in [0, 0.1) is 5.92 Å². The second-order valence-electron chi connectivity index (χ2n) is 10.8. The summed E-state index contributed by atoms with van der Waals surface area (Å²) in [7, 11) is 0. The zero-order valence-electron chi connectivity index (χ0n) is 24.5. The van der Waals surface area contributed by atoms with Crippen molar-refractivity contribution in [3.63, 3.8) is 0 Å². The van der Waals surface area contributed by atoms with Gasteiger partial charge in [-0.25, -0.2) is 19.9 Å². The molecule has 2 aromatic carbocycles. The zero-order chi connectivity index (χ0) is 32.7. The molecule has 0 radical (unpaired) electrons. The minimum atomic E-state index is -0.0430. The van der Waals surface area contributed by atoms with Crippen molar-refractivity contribution in [3.8, 4) is 0 Å². The molecule has 236 valence electrons. The van der Waals surface area contributed by atoms with E-state index in [2.05, 4.69) is 49.5 Å². The van der Waals surface area contributed by atoms with Gasteiger partial charge in [0.15, 0.2) is 5.15 Å². The van der Waals surface area contributed by atoms with E-state index >= 15 is 0 Å². The number of halogens is 5. The van der Waals surface area contributed by atoms with Crippen molar-refractivity contribution < 1.29 is 9.59 Å². The van der Waals surface area contributed by atoms with Gasteiger partial charge in [-0.05, 0) is 77.6 Å². The quantitative estimate of drug-likeness (QED) is 0.163. The molecule has 8 nitrogen and oxygen atoms in total. The van der Waals surface area contributed by atoms with Crippen molar-refractivity contribution in [1.29, 1.82) is 0 Å². The fourth-order valence-corrected chi connectivity index (χ4v) is 6.37. The van der Waals surface area contributed by atoms with E-state index in [1.807, 2.05) is 24.3 Å². The van der Waals surface area contributed by atoms with Crippen molar-refractivity contribution in [3.05, 3.63) is 115 Å². The number of fused-ring (bicyclic) bond motifs is 2. The molecule has 1 amide bonds. The number of benzene rings is 2. The molecular weight excluding hydrogens is 678 g/mol. The highest BCUT2D eigenvalue weighted by Gasteiger charge is 2.33. The highest BCUT2D eigenvalue weighted by molar-refractivity contribution is 6.41. The molecule has 0 aliphatic heterocycles. The van der Waals surface area contributed by atoms with Gasteiger partial charge in [-0.15, -0.1) is 0 Å². The smallest absolute Gasteiger partial charge is 0.223 e. The minimum absolute atomic E-state index is 0.0292. The Labute approximate surface area is 287 Å². The summed E-state index contributed by atoms with van der Waals surface area (Å²) in [6.07, 6.45) is 5.87. The summed E-state index contributed by atoms with van der Waals surface area (Å²) >= 11 is 28.3. The van der Waals surface area contributed by atoms with E-state index in [0.29, 0.717) is 22.9 Å². The lowest BCUT2D eigenvalue weighted by Gasteiger charge is -2.21. The molecule has 0 saturated carbocycles. The van der Waals surface area contributed by atoms with E-state index < -0.39 is 0 Å². The molecule has 0 unspecified atom stereocenters. The highest BCUT2D eigenvalue weighted by Crippen LogP contribution is 2.38. The average molecular weight is 709 g/mol. The number of carbonyl (C=O) groups excluding carboxylic acids is 2. The largest absolute Gasteiger partial charge is 0.349 e. The van der Waals surface area contributed by atoms with Gasteiger partial charge >= 0.3 is 0 Å². The molecule has 0 bridgehead atoms. The van der Waals surface area contributed by atoms with Gasteiger partial charge in [0.2, 0.25) is 16.5 Å². The van der Waals surface area contributed by atoms with Crippen LogP contribution in [0.1, 0.15) is 60.2 Å². The van der Waals surface area contributed by atoms with Crippen LogP contribution in [0.3, 0.4) is 0 Å². The van der Waals surface area contributed by atoms with E-state index in [-0.39, 0.29) is 51.3 Å². The Morgan fingerprint density at radius 2 is 1.40 bits per heavy atom. The van der Waals surface area contributed by atoms with Crippen LogP contribution in [0.2, 0.25) is 25.8 Å². The Kier molecular flexibility index (Phi) is 12.5. The van der Waals surface area contributed by atoms with Crippen LogP contribution in [-0.2, 0) is 28.9 Å². The molecule has 2 aliphatic rings. The van der Waals surface area contributed by atoms with Crippen molar-refractivity contribution in [2.75, 3.05) is 0 Å². The Morgan fingerprint density at radius 1 is 0.822 bits per heavy atom. The summed E-state index contributed by atoms with van der Waals surface area (Å²) in [4.78, 5) is 37.9. The fourth-order valence-electron chi connectivity index (χ4n) is 5.66. The second-order valence-corrected chi connectivity index (χ2v) is 12.7. The number of nitrogens with two attached hydrogens (primary N) is 1. The maximum Gasteiger partial charge on any atom is 0.223 e. The lowest BCUT2D eigenvalue weighted by molar-refractivity contribution is -0.120. The Bertz CT molecular complexity index is 1670. The van der Waals surface area contributed by atoms with Gasteiger partial charge < -0.3 is 15.8 Å². The molecule has 45 heavy (non-hydrogen) atoms. The number of ketones is 1. The first kappa shape index (κ1) is 35.0. The topological polar surface area (TPSA) is 124 Å². The van der Waals surface area contributed by atoms with Crippen molar-refractivity contribution in [2.45, 2.75) is 57.5 Å². The maximum atomic E-state index is 11.5. The number of carbonyl (C=O) groups is 2. The molecule has 2 heterocycles. The predicted octanol–water partition coefficient (Wildman–Crippen LogP) is 7.45. The van der Waals surface area contributed by atoms with Crippen molar-refractivity contribution in [1.82, 2.24) is 25.3 Å². The summed E-state index contributed by atoms with van der Waals surface area (Å²) in [6, 6.07) is 16.5. The first-order valence-corrected chi connectivity index (χ1v) is 16.0. The van der Waals surface area contributed by atoms with Gasteiger partial charge in [-0.1, -0.05) is 83.3 Å². The van der Waals surface area contributed by atoms with Crippen LogP contribution in [0.25, 0.3) is 0 Å². The molecule has 6 rings (SSSR count). The molecule has 4 aromatic rings. The van der Waals surface area contributed by atoms with Gasteiger partial charge in [0.05, 0.1) is 34.2 Å². The molecule has 0 fully saturated rings. The number of rotatable bonds is 5. The predicted molar refractivity (Wildman–Crippen MR) is 179 cm³/mol. The normalized spacial score (nSPS) is 19.3. The molecule has 3 N–H and O–H groups in total. The van der Waals surface area contributed by atoms with Crippen LogP contribution in [0.4, 0.5) is 0 Å². The van der Waals surface area contributed by atoms with Crippen LogP contribution in [-0.4, -0.2) is 37.7 Å². The second kappa shape index (κ2) is 16.1. The summed E-state index contributed by atoms with van der Waals surface area (Å²) in [5.41, 5.74) is 11.7. The number of hydrogen-bond acceptors (Lipinski definition) is 7. The molecule has 4 atom stereocenters. The zero-order valence-corrected chi connectivity index (χ0v) is 28.3. The molecule has 2 aliphatic carbocycles. The van der Waals surface area contributed by atoms with Crippen molar-refractivity contribution in [2.24, 2.45) is 11.7 Å². The summed E-state index contributed by atoms with van der Waals surface area (Å²) in [5, 5.41) is 4.32. The number of nitrogens with zero attached hydrogens (tertiary/aromatic N) is 4. The highest BCUT2D eigenvalue weighted by atomic mass is 35.5. The molecule has 0 saturated heterocycles.